The summed E-state index contributed by atoms with van der Waals surface area (Å²) in [6.07, 6.45) is 1.64. The number of quaternary nitrogens is 1. The van der Waals surface area contributed by atoms with Crippen LogP contribution in [0.1, 0.15) is 13.3 Å². The normalized spacial score (nSPS) is 28.3. The highest BCUT2D eigenvalue weighted by Gasteiger charge is 2.26. The standard InChI is InChI=1S/C10H22NO2.HI/c1-5-9-7-12-8-10(13-9)6-11(2,3)4;/h9-10H,5-8H2,1-4H3;1H/q+1;/p-1/t9-,10+;/m0./s1. The van der Waals surface area contributed by atoms with E-state index in [-0.39, 0.29) is 30.1 Å². The SMILES string of the molecule is CC[C@H]1COC[C@@H](C[N+](C)(C)C)O1.[I-]. The van der Waals surface area contributed by atoms with Crippen LogP contribution in [0.5, 0.6) is 0 Å². The number of hydrogen-bond acceptors (Lipinski definition) is 2. The molecule has 1 rings (SSSR count). The molecule has 0 amide bonds. The zero-order valence-electron chi connectivity index (χ0n) is 9.62. The van der Waals surface area contributed by atoms with Crippen LogP contribution in [0.15, 0.2) is 0 Å². The molecular weight excluding hydrogens is 293 g/mol. The van der Waals surface area contributed by atoms with Gasteiger partial charge in [0.1, 0.15) is 12.6 Å². The summed E-state index contributed by atoms with van der Waals surface area (Å²) in [6.45, 7) is 4.69. The molecule has 0 unspecified atom stereocenters. The lowest BCUT2D eigenvalue weighted by molar-refractivity contribution is -0.874. The second-order valence-corrected chi connectivity index (χ2v) is 4.80. The maximum atomic E-state index is 5.87. The maximum Gasteiger partial charge on any atom is 0.130 e. The molecule has 0 bridgehead atoms. The van der Waals surface area contributed by atoms with Gasteiger partial charge in [-0.1, -0.05) is 6.92 Å². The van der Waals surface area contributed by atoms with Crippen LogP contribution >= 0.6 is 0 Å². The Morgan fingerprint density at radius 1 is 1.14 bits per heavy atom. The zero-order valence-corrected chi connectivity index (χ0v) is 11.8. The summed E-state index contributed by atoms with van der Waals surface area (Å²) < 4.78 is 12.3. The van der Waals surface area contributed by atoms with Gasteiger partial charge < -0.3 is 37.9 Å². The Balaban J connectivity index is 0.00000169. The highest BCUT2D eigenvalue weighted by molar-refractivity contribution is 4.66. The van der Waals surface area contributed by atoms with E-state index >= 15 is 0 Å². The fourth-order valence-corrected chi connectivity index (χ4v) is 1.60. The second-order valence-electron chi connectivity index (χ2n) is 4.80. The van der Waals surface area contributed by atoms with Gasteiger partial charge in [0.15, 0.2) is 0 Å². The van der Waals surface area contributed by atoms with Gasteiger partial charge in [0.25, 0.3) is 0 Å². The van der Waals surface area contributed by atoms with Crippen LogP contribution in [0.3, 0.4) is 0 Å². The number of hydrogen-bond donors (Lipinski definition) is 0. The van der Waals surface area contributed by atoms with E-state index in [1.165, 1.54) is 0 Å². The minimum atomic E-state index is 0. The molecule has 0 aromatic carbocycles. The maximum absolute atomic E-state index is 5.87. The third-order valence-corrected chi connectivity index (χ3v) is 2.20. The summed E-state index contributed by atoms with van der Waals surface area (Å²) in [6, 6.07) is 0. The Labute approximate surface area is 104 Å². The molecule has 1 aliphatic rings. The molecule has 1 heterocycles. The van der Waals surface area contributed by atoms with Gasteiger partial charge in [-0.3, -0.25) is 0 Å². The summed E-state index contributed by atoms with van der Waals surface area (Å²) >= 11 is 0. The van der Waals surface area contributed by atoms with Gasteiger partial charge in [-0.05, 0) is 6.42 Å². The van der Waals surface area contributed by atoms with Crippen molar-refractivity contribution >= 4 is 0 Å². The number of likely N-dealkylation sites (N-methyl/N-ethyl adjacent to an activating group) is 1. The molecule has 0 aromatic rings. The van der Waals surface area contributed by atoms with E-state index in [4.69, 9.17) is 9.47 Å². The molecule has 0 N–H and O–H groups in total. The first-order valence-electron chi connectivity index (χ1n) is 5.05. The van der Waals surface area contributed by atoms with Gasteiger partial charge in [-0.2, -0.15) is 0 Å². The van der Waals surface area contributed by atoms with E-state index in [2.05, 4.69) is 28.1 Å². The molecular formula is C10H22INO2. The van der Waals surface area contributed by atoms with Crippen molar-refractivity contribution in [2.45, 2.75) is 25.6 Å². The fraction of sp³-hybridized carbons (Fsp3) is 1.00. The van der Waals surface area contributed by atoms with Crippen molar-refractivity contribution < 1.29 is 37.9 Å². The Hall–Kier alpha value is 0.610. The van der Waals surface area contributed by atoms with Gasteiger partial charge in [-0.25, -0.2) is 0 Å². The van der Waals surface area contributed by atoms with Crippen molar-refractivity contribution in [3.05, 3.63) is 0 Å². The van der Waals surface area contributed by atoms with Crippen molar-refractivity contribution in [3.63, 3.8) is 0 Å². The predicted molar refractivity (Wildman–Crippen MR) is 52.7 cm³/mol. The molecule has 0 saturated carbocycles. The smallest absolute Gasteiger partial charge is 0.130 e. The molecule has 2 atom stereocenters. The number of rotatable bonds is 3. The molecule has 1 aliphatic heterocycles. The van der Waals surface area contributed by atoms with Gasteiger partial charge >= 0.3 is 0 Å². The summed E-state index contributed by atoms with van der Waals surface area (Å²) in [5, 5.41) is 0. The van der Waals surface area contributed by atoms with Crippen LogP contribution in [0, 0.1) is 0 Å². The van der Waals surface area contributed by atoms with Gasteiger partial charge in [0.05, 0.1) is 40.5 Å². The van der Waals surface area contributed by atoms with Crippen LogP contribution in [-0.2, 0) is 9.47 Å². The number of ether oxygens (including phenoxy) is 2. The lowest BCUT2D eigenvalue weighted by Gasteiger charge is -2.34. The molecule has 0 aliphatic carbocycles. The van der Waals surface area contributed by atoms with Crippen molar-refractivity contribution in [3.8, 4) is 0 Å². The Morgan fingerprint density at radius 2 is 1.71 bits per heavy atom. The first-order chi connectivity index (χ1) is 6.01. The van der Waals surface area contributed by atoms with E-state index in [0.29, 0.717) is 6.10 Å². The third kappa shape index (κ3) is 5.48. The Morgan fingerprint density at radius 3 is 2.21 bits per heavy atom. The zero-order chi connectivity index (χ0) is 9.90. The Kier molecular flexibility index (Phi) is 6.52. The van der Waals surface area contributed by atoms with Crippen molar-refractivity contribution in [2.24, 2.45) is 0 Å². The van der Waals surface area contributed by atoms with E-state index < -0.39 is 0 Å². The minimum absolute atomic E-state index is 0. The van der Waals surface area contributed by atoms with Crippen molar-refractivity contribution in [1.82, 2.24) is 0 Å². The Bertz CT molecular complexity index is 159. The first-order valence-corrected chi connectivity index (χ1v) is 5.05. The monoisotopic (exact) mass is 315 g/mol. The first kappa shape index (κ1) is 14.6. The summed E-state index contributed by atoms with van der Waals surface area (Å²) in [7, 11) is 6.54. The lowest BCUT2D eigenvalue weighted by atomic mass is 10.2. The van der Waals surface area contributed by atoms with Crippen LogP contribution in [-0.4, -0.2) is 57.6 Å². The molecule has 14 heavy (non-hydrogen) atoms. The highest BCUT2D eigenvalue weighted by atomic mass is 127. The van der Waals surface area contributed by atoms with Crippen molar-refractivity contribution in [2.75, 3.05) is 40.9 Å². The minimum Gasteiger partial charge on any atom is -1.00 e. The quantitative estimate of drug-likeness (QED) is 0.438. The second kappa shape index (κ2) is 6.25. The van der Waals surface area contributed by atoms with E-state index in [1.807, 2.05) is 0 Å². The van der Waals surface area contributed by atoms with Gasteiger partial charge in [0.2, 0.25) is 0 Å². The molecule has 1 fully saturated rings. The summed E-state index contributed by atoms with van der Waals surface area (Å²) in [5.41, 5.74) is 0. The number of nitrogens with zero attached hydrogens (tertiary/aromatic N) is 1. The van der Waals surface area contributed by atoms with Crippen LogP contribution in [0.25, 0.3) is 0 Å². The molecule has 4 heteroatoms. The van der Waals surface area contributed by atoms with Crippen LogP contribution < -0.4 is 24.0 Å². The molecule has 3 nitrogen and oxygen atoms in total. The molecule has 86 valence electrons. The topological polar surface area (TPSA) is 18.5 Å². The summed E-state index contributed by atoms with van der Waals surface area (Å²) in [4.78, 5) is 0. The van der Waals surface area contributed by atoms with Crippen LogP contribution in [0.4, 0.5) is 0 Å². The van der Waals surface area contributed by atoms with E-state index in [9.17, 15) is 0 Å². The van der Waals surface area contributed by atoms with E-state index in [1.54, 1.807) is 0 Å². The molecule has 0 radical (unpaired) electrons. The van der Waals surface area contributed by atoms with Crippen molar-refractivity contribution in [1.29, 1.82) is 0 Å². The molecule has 1 saturated heterocycles. The van der Waals surface area contributed by atoms with Gasteiger partial charge in [-0.15, -0.1) is 0 Å². The predicted octanol–water partition coefficient (Wildman–Crippen LogP) is -2.11. The molecule has 0 spiro atoms. The third-order valence-electron chi connectivity index (χ3n) is 2.20. The average Bonchev–Trinajstić information content (AvgIpc) is 2.01. The summed E-state index contributed by atoms with van der Waals surface area (Å²) in [5.74, 6) is 0. The molecule has 0 aromatic heterocycles. The average molecular weight is 315 g/mol. The fourth-order valence-electron chi connectivity index (χ4n) is 1.60. The van der Waals surface area contributed by atoms with Gasteiger partial charge in [0, 0.05) is 0 Å². The van der Waals surface area contributed by atoms with Crippen LogP contribution in [0.2, 0.25) is 0 Å². The van der Waals surface area contributed by atoms with E-state index in [0.717, 1.165) is 30.7 Å². The lowest BCUT2D eigenvalue weighted by Crippen LogP contribution is -3.00. The largest absolute Gasteiger partial charge is 1.00 e. The highest BCUT2D eigenvalue weighted by Crippen LogP contribution is 2.12. The number of halogens is 1.